The molecular formula is C16H22BrMgO+. The van der Waals surface area contributed by atoms with E-state index in [0.29, 0.717) is 6.61 Å². The maximum Gasteiger partial charge on any atom is 2.00 e. The molecule has 0 radical (unpaired) electrons. The molecule has 19 heavy (non-hydrogen) atoms. The predicted molar refractivity (Wildman–Crippen MR) is 90.1 cm³/mol. The van der Waals surface area contributed by atoms with E-state index in [1.165, 1.54) is 30.0 Å². The Balaban J connectivity index is 0. The maximum atomic E-state index is 8.29. The number of aliphatic hydroxyl groups is 1. The maximum absolute atomic E-state index is 8.29. The standard InChI is InChI=1S/C10H7.C6H14O.BrH.Mg/c1-2-6-10-8-4-3-7-9(10)5-1;1-2-3-4-5-6-7;;/h1-7H;7H,2-6H2,1H3;1H;/q-1;;;+2. The first-order valence-electron chi connectivity index (χ1n) is 6.34. The first-order valence-corrected chi connectivity index (χ1v) is 6.34. The van der Waals surface area contributed by atoms with E-state index < -0.39 is 0 Å². The summed E-state index contributed by atoms with van der Waals surface area (Å²) in [4.78, 5) is 0. The third-order valence-corrected chi connectivity index (χ3v) is 2.58. The van der Waals surface area contributed by atoms with Gasteiger partial charge in [0.2, 0.25) is 0 Å². The van der Waals surface area contributed by atoms with Gasteiger partial charge in [0.1, 0.15) is 0 Å². The van der Waals surface area contributed by atoms with Crippen molar-refractivity contribution in [1.29, 1.82) is 0 Å². The fourth-order valence-corrected chi connectivity index (χ4v) is 1.60. The molecule has 0 heterocycles. The number of rotatable bonds is 4. The molecule has 0 atom stereocenters. The van der Waals surface area contributed by atoms with Crippen molar-refractivity contribution in [3.63, 3.8) is 0 Å². The Morgan fingerprint density at radius 3 is 2.32 bits per heavy atom. The third kappa shape index (κ3) is 9.44. The number of hydrogen-bond donors (Lipinski definition) is 1. The van der Waals surface area contributed by atoms with Crippen LogP contribution < -0.4 is 0 Å². The van der Waals surface area contributed by atoms with E-state index in [4.69, 9.17) is 5.11 Å². The largest absolute Gasteiger partial charge is 2.00 e. The summed E-state index contributed by atoms with van der Waals surface area (Å²) < 4.78 is 0. The van der Waals surface area contributed by atoms with Gasteiger partial charge in [0, 0.05) is 6.61 Å². The van der Waals surface area contributed by atoms with Crippen LogP contribution in [0.3, 0.4) is 0 Å². The van der Waals surface area contributed by atoms with Crippen molar-refractivity contribution in [3.05, 3.63) is 48.5 Å². The second-order valence-electron chi connectivity index (χ2n) is 4.04. The number of unbranched alkanes of at least 4 members (excludes halogenated alkanes) is 3. The van der Waals surface area contributed by atoms with E-state index in [-0.39, 0.29) is 40.0 Å². The van der Waals surface area contributed by atoms with Crippen LogP contribution in [0.1, 0.15) is 32.6 Å². The van der Waals surface area contributed by atoms with Gasteiger partial charge in [-0.15, -0.1) is 64.2 Å². The Kier molecular flexibility index (Phi) is 16.0. The van der Waals surface area contributed by atoms with E-state index in [1.807, 2.05) is 24.3 Å². The van der Waals surface area contributed by atoms with Gasteiger partial charge in [0.25, 0.3) is 0 Å². The van der Waals surface area contributed by atoms with Gasteiger partial charge in [0.05, 0.1) is 0 Å². The minimum atomic E-state index is 0. The number of aliphatic hydroxyl groups excluding tert-OH is 1. The minimum absolute atomic E-state index is 0. The summed E-state index contributed by atoms with van der Waals surface area (Å²) in [5, 5.41) is 10.7. The van der Waals surface area contributed by atoms with Crippen molar-refractivity contribution in [2.75, 3.05) is 6.61 Å². The number of fused-ring (bicyclic) bond motifs is 1. The van der Waals surface area contributed by atoms with Gasteiger partial charge in [-0.05, 0) is 6.42 Å². The van der Waals surface area contributed by atoms with E-state index >= 15 is 0 Å². The Morgan fingerprint density at radius 2 is 1.68 bits per heavy atom. The van der Waals surface area contributed by atoms with Crippen LogP contribution in [0.5, 0.6) is 0 Å². The zero-order chi connectivity index (χ0) is 12.3. The van der Waals surface area contributed by atoms with Gasteiger partial charge >= 0.3 is 23.1 Å². The number of hydrogen-bond acceptors (Lipinski definition) is 1. The summed E-state index contributed by atoms with van der Waals surface area (Å²) in [7, 11) is 0. The Hall–Kier alpha value is -0.0938. The molecule has 0 saturated carbocycles. The molecule has 2 aromatic rings. The fraction of sp³-hybridized carbons (Fsp3) is 0.375. The smallest absolute Gasteiger partial charge is 0.396 e. The van der Waals surface area contributed by atoms with Crippen LogP contribution in [0.25, 0.3) is 10.8 Å². The van der Waals surface area contributed by atoms with E-state index in [9.17, 15) is 0 Å². The Labute approximate surface area is 143 Å². The molecule has 1 N–H and O–H groups in total. The van der Waals surface area contributed by atoms with Crippen LogP contribution in [0, 0.1) is 6.07 Å². The third-order valence-electron chi connectivity index (χ3n) is 2.58. The average molecular weight is 335 g/mol. The zero-order valence-corrected chi connectivity index (χ0v) is 14.8. The molecule has 0 aliphatic rings. The van der Waals surface area contributed by atoms with Crippen molar-refractivity contribution in [1.82, 2.24) is 0 Å². The molecule has 0 bridgehead atoms. The zero-order valence-electron chi connectivity index (χ0n) is 11.6. The van der Waals surface area contributed by atoms with Gasteiger partial charge in [-0.1, -0.05) is 38.3 Å². The van der Waals surface area contributed by atoms with Crippen molar-refractivity contribution < 1.29 is 5.11 Å². The molecule has 0 aliphatic carbocycles. The van der Waals surface area contributed by atoms with Gasteiger partial charge in [-0.25, -0.2) is 0 Å². The predicted octanol–water partition coefficient (Wildman–Crippen LogP) is 4.40. The SMILES string of the molecule is Br.CCCCCCO.[Mg+2].[c-]1cccc2ccccc12. The topological polar surface area (TPSA) is 20.2 Å². The fourth-order valence-electron chi connectivity index (χ4n) is 1.60. The summed E-state index contributed by atoms with van der Waals surface area (Å²) in [6.07, 6.45) is 4.68. The van der Waals surface area contributed by atoms with Crippen molar-refractivity contribution >= 4 is 50.8 Å². The number of halogens is 1. The average Bonchev–Trinajstić information content (AvgIpc) is 2.40. The summed E-state index contributed by atoms with van der Waals surface area (Å²) in [5.74, 6) is 0. The molecule has 0 unspecified atom stereocenters. The van der Waals surface area contributed by atoms with Crippen molar-refractivity contribution in [2.24, 2.45) is 0 Å². The van der Waals surface area contributed by atoms with Gasteiger partial charge in [-0.3, -0.25) is 0 Å². The van der Waals surface area contributed by atoms with Crippen LogP contribution in [-0.2, 0) is 0 Å². The van der Waals surface area contributed by atoms with E-state index in [0.717, 1.165) is 6.42 Å². The summed E-state index contributed by atoms with van der Waals surface area (Å²) in [6, 6.07) is 17.4. The van der Waals surface area contributed by atoms with Crippen molar-refractivity contribution in [3.8, 4) is 0 Å². The summed E-state index contributed by atoms with van der Waals surface area (Å²) in [6.45, 7) is 2.53. The van der Waals surface area contributed by atoms with Gasteiger partial charge in [-0.2, -0.15) is 0 Å². The molecule has 100 valence electrons. The normalized spacial score (nSPS) is 8.74. The Morgan fingerprint density at radius 1 is 1.00 bits per heavy atom. The van der Waals surface area contributed by atoms with Crippen LogP contribution in [-0.4, -0.2) is 34.8 Å². The molecule has 0 fully saturated rings. The van der Waals surface area contributed by atoms with Gasteiger partial charge in [0.15, 0.2) is 0 Å². The van der Waals surface area contributed by atoms with E-state index in [1.54, 1.807) is 0 Å². The van der Waals surface area contributed by atoms with E-state index in [2.05, 4.69) is 31.2 Å². The Bertz CT molecular complexity index is 351. The first kappa shape index (κ1) is 21.2. The summed E-state index contributed by atoms with van der Waals surface area (Å²) >= 11 is 0. The molecule has 0 aromatic heterocycles. The molecule has 0 spiro atoms. The van der Waals surface area contributed by atoms with Crippen LogP contribution in [0.2, 0.25) is 0 Å². The summed E-state index contributed by atoms with van der Waals surface area (Å²) in [5.41, 5.74) is 0. The molecular weight excluding hydrogens is 312 g/mol. The molecule has 0 amide bonds. The number of benzene rings is 2. The van der Waals surface area contributed by atoms with Gasteiger partial charge < -0.3 is 5.11 Å². The minimum Gasteiger partial charge on any atom is -0.396 e. The van der Waals surface area contributed by atoms with Crippen LogP contribution in [0.15, 0.2) is 42.5 Å². The molecule has 0 saturated heterocycles. The molecule has 0 aliphatic heterocycles. The molecule has 2 rings (SSSR count). The monoisotopic (exact) mass is 333 g/mol. The van der Waals surface area contributed by atoms with Crippen LogP contribution >= 0.6 is 17.0 Å². The quantitative estimate of drug-likeness (QED) is 0.499. The second-order valence-corrected chi connectivity index (χ2v) is 4.04. The molecule has 3 heteroatoms. The first-order chi connectivity index (χ1) is 8.38. The van der Waals surface area contributed by atoms with Crippen LogP contribution in [0.4, 0.5) is 0 Å². The molecule has 1 nitrogen and oxygen atoms in total. The second kappa shape index (κ2) is 14.3. The van der Waals surface area contributed by atoms with Crippen molar-refractivity contribution in [2.45, 2.75) is 32.6 Å². The molecule has 2 aromatic carbocycles.